The van der Waals surface area contributed by atoms with Crippen LogP contribution in [0.1, 0.15) is 45.2 Å². The molecule has 0 spiro atoms. The highest BCUT2D eigenvalue weighted by Crippen LogP contribution is 2.41. The van der Waals surface area contributed by atoms with E-state index >= 15 is 0 Å². The SMILES string of the molecule is CCCn1nncc1C1(O)CC(C)N(C2CC2)C1. The molecule has 0 aromatic carbocycles. The first-order valence-corrected chi connectivity index (χ1v) is 7.01. The second-order valence-electron chi connectivity index (χ2n) is 5.83. The summed E-state index contributed by atoms with van der Waals surface area (Å²) in [5.41, 5.74) is 0.125. The summed E-state index contributed by atoms with van der Waals surface area (Å²) in [5, 5.41) is 19.0. The Hall–Kier alpha value is -0.940. The average Bonchev–Trinajstić information content (AvgIpc) is 2.97. The minimum absolute atomic E-state index is 0.451. The molecule has 2 atom stereocenters. The molecule has 5 heteroatoms. The van der Waals surface area contributed by atoms with Gasteiger partial charge in [-0.15, -0.1) is 5.10 Å². The largest absolute Gasteiger partial charge is 0.382 e. The lowest BCUT2D eigenvalue weighted by atomic mass is 9.97. The zero-order chi connectivity index (χ0) is 12.8. The van der Waals surface area contributed by atoms with Crippen molar-refractivity contribution < 1.29 is 5.11 Å². The van der Waals surface area contributed by atoms with Crippen LogP contribution in [0.5, 0.6) is 0 Å². The second-order valence-corrected chi connectivity index (χ2v) is 5.83. The predicted molar refractivity (Wildman–Crippen MR) is 68.0 cm³/mol. The van der Waals surface area contributed by atoms with Crippen LogP contribution in [0.4, 0.5) is 0 Å². The maximum atomic E-state index is 10.9. The summed E-state index contributed by atoms with van der Waals surface area (Å²) >= 11 is 0. The molecule has 1 aliphatic heterocycles. The number of aliphatic hydroxyl groups is 1. The lowest BCUT2D eigenvalue weighted by molar-refractivity contribution is 0.0359. The Morgan fingerprint density at radius 2 is 2.28 bits per heavy atom. The lowest BCUT2D eigenvalue weighted by Gasteiger charge is -2.24. The molecule has 1 aromatic heterocycles. The maximum Gasteiger partial charge on any atom is 0.122 e. The van der Waals surface area contributed by atoms with Crippen LogP contribution in [0.15, 0.2) is 6.20 Å². The molecule has 2 fully saturated rings. The minimum atomic E-state index is -0.763. The van der Waals surface area contributed by atoms with Crippen LogP contribution in [0, 0.1) is 0 Å². The van der Waals surface area contributed by atoms with Crippen molar-refractivity contribution >= 4 is 0 Å². The Kier molecular flexibility index (Phi) is 2.90. The number of likely N-dealkylation sites (tertiary alicyclic amines) is 1. The molecule has 5 nitrogen and oxygen atoms in total. The van der Waals surface area contributed by atoms with E-state index in [2.05, 4.69) is 29.1 Å². The summed E-state index contributed by atoms with van der Waals surface area (Å²) < 4.78 is 1.86. The Morgan fingerprint density at radius 3 is 2.94 bits per heavy atom. The maximum absolute atomic E-state index is 10.9. The lowest BCUT2D eigenvalue weighted by Crippen LogP contribution is -2.34. The molecule has 0 radical (unpaired) electrons. The summed E-state index contributed by atoms with van der Waals surface area (Å²) in [6.45, 7) is 5.89. The molecular weight excluding hydrogens is 228 g/mol. The van der Waals surface area contributed by atoms with Crippen molar-refractivity contribution in [1.82, 2.24) is 19.9 Å². The molecule has 2 unspecified atom stereocenters. The highest BCUT2D eigenvalue weighted by Gasteiger charge is 2.48. The van der Waals surface area contributed by atoms with Crippen LogP contribution >= 0.6 is 0 Å². The molecule has 2 aliphatic rings. The molecule has 2 heterocycles. The third-order valence-electron chi connectivity index (χ3n) is 4.19. The van der Waals surface area contributed by atoms with E-state index in [-0.39, 0.29) is 0 Å². The van der Waals surface area contributed by atoms with Crippen LogP contribution in [-0.4, -0.2) is 43.6 Å². The first-order valence-electron chi connectivity index (χ1n) is 7.01. The molecule has 1 N–H and O–H groups in total. The van der Waals surface area contributed by atoms with Gasteiger partial charge in [-0.1, -0.05) is 12.1 Å². The standard InChI is InChI=1S/C13H22N4O/c1-3-6-17-12(8-14-15-17)13(18)7-10(2)16(9-13)11-4-5-11/h8,10-11,18H,3-7,9H2,1-2H3. The van der Waals surface area contributed by atoms with Gasteiger partial charge in [0, 0.05) is 25.2 Å². The van der Waals surface area contributed by atoms with Gasteiger partial charge < -0.3 is 5.11 Å². The number of hydrogen-bond acceptors (Lipinski definition) is 4. The van der Waals surface area contributed by atoms with E-state index in [9.17, 15) is 5.11 Å². The Bertz CT molecular complexity index is 428. The molecule has 1 saturated carbocycles. The molecule has 1 aromatic rings. The van der Waals surface area contributed by atoms with Gasteiger partial charge in [0.05, 0.1) is 11.9 Å². The van der Waals surface area contributed by atoms with E-state index in [0.717, 1.165) is 31.6 Å². The van der Waals surface area contributed by atoms with E-state index in [1.807, 2.05) is 4.68 Å². The number of β-amino-alcohol motifs (C(OH)–C–C–N with tert-alkyl or cyclic N) is 1. The van der Waals surface area contributed by atoms with Gasteiger partial charge in [0.25, 0.3) is 0 Å². The summed E-state index contributed by atoms with van der Waals surface area (Å²) in [6, 6.07) is 1.15. The number of hydrogen-bond donors (Lipinski definition) is 1. The van der Waals surface area contributed by atoms with Crippen molar-refractivity contribution in [3.8, 4) is 0 Å². The molecule has 0 amide bonds. The highest BCUT2D eigenvalue weighted by atomic mass is 16.3. The minimum Gasteiger partial charge on any atom is -0.382 e. The van der Waals surface area contributed by atoms with Gasteiger partial charge in [-0.05, 0) is 32.6 Å². The monoisotopic (exact) mass is 250 g/mol. The van der Waals surface area contributed by atoms with Gasteiger partial charge in [0.1, 0.15) is 5.60 Å². The average molecular weight is 250 g/mol. The third-order valence-corrected chi connectivity index (χ3v) is 4.19. The van der Waals surface area contributed by atoms with E-state index in [1.54, 1.807) is 6.20 Å². The molecule has 3 rings (SSSR count). The Balaban J connectivity index is 1.83. The van der Waals surface area contributed by atoms with Crippen LogP contribution in [-0.2, 0) is 12.1 Å². The fraction of sp³-hybridized carbons (Fsp3) is 0.846. The van der Waals surface area contributed by atoms with E-state index in [0.29, 0.717) is 12.1 Å². The van der Waals surface area contributed by atoms with Gasteiger partial charge in [-0.25, -0.2) is 4.68 Å². The molecular formula is C13H22N4O. The van der Waals surface area contributed by atoms with Gasteiger partial charge in [-0.2, -0.15) is 0 Å². The first kappa shape index (κ1) is 12.1. The highest BCUT2D eigenvalue weighted by molar-refractivity contribution is 5.15. The van der Waals surface area contributed by atoms with Crippen molar-refractivity contribution in [2.75, 3.05) is 6.54 Å². The molecule has 100 valence electrons. The Labute approximate surface area is 108 Å². The first-order chi connectivity index (χ1) is 8.64. The fourth-order valence-electron chi connectivity index (χ4n) is 3.20. The predicted octanol–water partition coefficient (Wildman–Crippen LogP) is 1.13. The molecule has 18 heavy (non-hydrogen) atoms. The quantitative estimate of drug-likeness (QED) is 0.870. The van der Waals surface area contributed by atoms with Crippen molar-refractivity contribution in [1.29, 1.82) is 0 Å². The van der Waals surface area contributed by atoms with Gasteiger partial charge in [0.2, 0.25) is 0 Å². The number of rotatable bonds is 4. The Morgan fingerprint density at radius 1 is 1.50 bits per heavy atom. The van der Waals surface area contributed by atoms with E-state index in [1.165, 1.54) is 12.8 Å². The van der Waals surface area contributed by atoms with Gasteiger partial charge >= 0.3 is 0 Å². The molecule has 1 saturated heterocycles. The third kappa shape index (κ3) is 1.95. The summed E-state index contributed by atoms with van der Waals surface area (Å²) in [6.07, 6.45) is 6.10. The van der Waals surface area contributed by atoms with Crippen LogP contribution < -0.4 is 0 Å². The molecule has 0 bridgehead atoms. The molecule has 1 aliphatic carbocycles. The fourth-order valence-corrected chi connectivity index (χ4v) is 3.20. The van der Waals surface area contributed by atoms with E-state index in [4.69, 9.17) is 0 Å². The topological polar surface area (TPSA) is 54.2 Å². The van der Waals surface area contributed by atoms with Crippen molar-refractivity contribution in [2.24, 2.45) is 0 Å². The van der Waals surface area contributed by atoms with Crippen molar-refractivity contribution in [2.45, 2.75) is 63.8 Å². The summed E-state index contributed by atoms with van der Waals surface area (Å²) in [5.74, 6) is 0. The number of aromatic nitrogens is 3. The van der Waals surface area contributed by atoms with Gasteiger partial charge in [-0.3, -0.25) is 4.90 Å². The van der Waals surface area contributed by atoms with Crippen LogP contribution in [0.25, 0.3) is 0 Å². The van der Waals surface area contributed by atoms with Crippen LogP contribution in [0.2, 0.25) is 0 Å². The van der Waals surface area contributed by atoms with Gasteiger partial charge in [0.15, 0.2) is 0 Å². The normalized spacial score (nSPS) is 33.2. The summed E-state index contributed by atoms with van der Waals surface area (Å²) in [4.78, 5) is 2.45. The number of nitrogens with zero attached hydrogens (tertiary/aromatic N) is 4. The zero-order valence-corrected chi connectivity index (χ0v) is 11.2. The second kappa shape index (κ2) is 4.31. The van der Waals surface area contributed by atoms with Crippen molar-refractivity contribution in [3.63, 3.8) is 0 Å². The number of aryl methyl sites for hydroxylation is 1. The summed E-state index contributed by atoms with van der Waals surface area (Å²) in [7, 11) is 0. The van der Waals surface area contributed by atoms with Crippen LogP contribution in [0.3, 0.4) is 0 Å². The zero-order valence-electron chi connectivity index (χ0n) is 11.2. The smallest absolute Gasteiger partial charge is 0.122 e. The van der Waals surface area contributed by atoms with Crippen molar-refractivity contribution in [3.05, 3.63) is 11.9 Å². The van der Waals surface area contributed by atoms with E-state index < -0.39 is 5.60 Å².